The molecule has 1 atom stereocenters. The molecule has 8 heteroatoms. The van der Waals surface area contributed by atoms with Crippen LogP contribution in [0.2, 0.25) is 0 Å². The van der Waals surface area contributed by atoms with Gasteiger partial charge in [0.2, 0.25) is 0 Å². The Morgan fingerprint density at radius 3 is 2.72 bits per heavy atom. The summed E-state index contributed by atoms with van der Waals surface area (Å²) < 4.78 is 28.5. The molecule has 0 amide bonds. The van der Waals surface area contributed by atoms with Crippen LogP contribution in [0.3, 0.4) is 0 Å². The second kappa shape index (κ2) is 7.21. The molecule has 1 aliphatic heterocycles. The van der Waals surface area contributed by atoms with E-state index in [0.717, 1.165) is 30.4 Å². The van der Waals surface area contributed by atoms with E-state index in [1.165, 1.54) is 18.2 Å². The molecule has 1 fully saturated rings. The van der Waals surface area contributed by atoms with Crippen molar-refractivity contribution >= 4 is 16.7 Å². The molecule has 4 aromatic rings. The van der Waals surface area contributed by atoms with Crippen LogP contribution in [0.4, 0.5) is 14.6 Å². The van der Waals surface area contributed by atoms with Crippen molar-refractivity contribution in [1.29, 1.82) is 0 Å². The topological polar surface area (TPSA) is 78.5 Å². The lowest BCUT2D eigenvalue weighted by molar-refractivity contribution is 0.589. The smallest absolute Gasteiger partial charge is 0.145 e. The van der Waals surface area contributed by atoms with Gasteiger partial charge in [-0.15, -0.1) is 0 Å². The first-order valence-corrected chi connectivity index (χ1v) is 9.41. The van der Waals surface area contributed by atoms with E-state index in [-0.39, 0.29) is 5.56 Å². The molecule has 0 saturated carbocycles. The molecule has 2 aromatic heterocycles. The number of rotatable bonds is 4. The molecule has 1 aliphatic rings. The van der Waals surface area contributed by atoms with Gasteiger partial charge >= 0.3 is 0 Å². The summed E-state index contributed by atoms with van der Waals surface area (Å²) in [7, 11) is 0. The van der Waals surface area contributed by atoms with Crippen molar-refractivity contribution in [3.8, 4) is 22.5 Å². The minimum atomic E-state index is -0.606. The maximum atomic E-state index is 14.2. The second-order valence-electron chi connectivity index (χ2n) is 7.05. The number of halogens is 2. The number of hydrogen-bond acceptors (Lipinski definition) is 5. The Morgan fingerprint density at radius 2 is 1.93 bits per heavy atom. The largest absolute Gasteiger partial charge is 0.365 e. The van der Waals surface area contributed by atoms with E-state index >= 15 is 0 Å². The van der Waals surface area contributed by atoms with Crippen LogP contribution in [-0.4, -0.2) is 39.3 Å². The van der Waals surface area contributed by atoms with Gasteiger partial charge in [-0.1, -0.05) is 12.1 Å². The lowest BCUT2D eigenvalue weighted by Gasteiger charge is -2.12. The number of fused-ring (bicyclic) bond motifs is 1. The van der Waals surface area contributed by atoms with Gasteiger partial charge in [0.1, 0.15) is 28.8 Å². The Hall–Kier alpha value is -3.39. The first-order valence-electron chi connectivity index (χ1n) is 9.41. The third-order valence-electron chi connectivity index (χ3n) is 5.10. The summed E-state index contributed by atoms with van der Waals surface area (Å²) in [5, 5.41) is 14.7. The van der Waals surface area contributed by atoms with Crippen LogP contribution in [0.15, 0.2) is 48.8 Å². The van der Waals surface area contributed by atoms with Crippen molar-refractivity contribution in [2.45, 2.75) is 12.5 Å². The fraction of sp³-hybridized carbons (Fsp3) is 0.190. The Balaban J connectivity index is 1.56. The first kappa shape index (κ1) is 17.7. The molecule has 3 N–H and O–H groups in total. The zero-order valence-corrected chi connectivity index (χ0v) is 15.4. The molecule has 0 radical (unpaired) electrons. The maximum absolute atomic E-state index is 14.2. The van der Waals surface area contributed by atoms with E-state index in [1.807, 2.05) is 0 Å². The summed E-state index contributed by atoms with van der Waals surface area (Å²) in [6.45, 7) is 1.86. The predicted octanol–water partition coefficient (Wildman–Crippen LogP) is 3.74. The Kier molecular flexibility index (Phi) is 4.40. The third-order valence-corrected chi connectivity index (χ3v) is 5.10. The van der Waals surface area contributed by atoms with Crippen LogP contribution >= 0.6 is 0 Å². The first-order chi connectivity index (χ1) is 14.2. The molecular weight excluding hydrogens is 374 g/mol. The molecule has 0 aliphatic carbocycles. The predicted molar refractivity (Wildman–Crippen MR) is 107 cm³/mol. The molecule has 29 heavy (non-hydrogen) atoms. The molecule has 0 spiro atoms. The standard InChI is InChI=1S/C21H18F2N6/c22-15-2-1-3-16(23)20(15)12-4-5-17-14(8-12)21(29-28-17)18-10-25-11-19(27-18)26-13-6-7-24-9-13/h1-5,8,10-11,13,24H,6-7,9H2,(H,26,27)(H,28,29)/t13-/m1/s1. The third kappa shape index (κ3) is 3.31. The number of nitrogens with zero attached hydrogens (tertiary/aromatic N) is 3. The van der Waals surface area contributed by atoms with Gasteiger partial charge in [0.05, 0.1) is 23.5 Å². The maximum Gasteiger partial charge on any atom is 0.145 e. The monoisotopic (exact) mass is 392 g/mol. The van der Waals surface area contributed by atoms with Crippen molar-refractivity contribution in [3.05, 3.63) is 60.4 Å². The summed E-state index contributed by atoms with van der Waals surface area (Å²) >= 11 is 0. The van der Waals surface area contributed by atoms with Crippen LogP contribution in [0.5, 0.6) is 0 Å². The lowest BCUT2D eigenvalue weighted by atomic mass is 10.0. The highest BCUT2D eigenvalue weighted by Crippen LogP contribution is 2.32. The Bertz CT molecular complexity index is 1160. The second-order valence-corrected chi connectivity index (χ2v) is 7.05. The van der Waals surface area contributed by atoms with Gasteiger partial charge in [-0.05, 0) is 42.8 Å². The fourth-order valence-electron chi connectivity index (χ4n) is 3.67. The van der Waals surface area contributed by atoms with E-state index in [9.17, 15) is 8.78 Å². The molecule has 0 bridgehead atoms. The quantitative estimate of drug-likeness (QED) is 0.493. The van der Waals surface area contributed by atoms with E-state index < -0.39 is 11.6 Å². The number of aromatic amines is 1. The minimum Gasteiger partial charge on any atom is -0.365 e. The Morgan fingerprint density at radius 1 is 1.07 bits per heavy atom. The van der Waals surface area contributed by atoms with Crippen molar-refractivity contribution in [3.63, 3.8) is 0 Å². The molecule has 2 aromatic carbocycles. The van der Waals surface area contributed by atoms with Crippen molar-refractivity contribution in [2.24, 2.45) is 0 Å². The fourth-order valence-corrected chi connectivity index (χ4v) is 3.67. The zero-order valence-electron chi connectivity index (χ0n) is 15.4. The van der Waals surface area contributed by atoms with Gasteiger partial charge in [0, 0.05) is 18.0 Å². The van der Waals surface area contributed by atoms with Crippen LogP contribution in [0, 0.1) is 11.6 Å². The average molecular weight is 392 g/mol. The van der Waals surface area contributed by atoms with Crippen LogP contribution in [-0.2, 0) is 0 Å². The molecule has 1 saturated heterocycles. The number of nitrogens with one attached hydrogen (secondary N) is 3. The SMILES string of the molecule is Fc1cccc(F)c1-c1ccc2[nH]nc(-c3cncc(N[C@@H]4CCNC4)n3)c2c1. The summed E-state index contributed by atoms with van der Waals surface area (Å²) in [6, 6.07) is 9.30. The van der Waals surface area contributed by atoms with E-state index in [0.29, 0.717) is 28.8 Å². The van der Waals surface area contributed by atoms with Gasteiger partial charge in [0.25, 0.3) is 0 Å². The summed E-state index contributed by atoms with van der Waals surface area (Å²) in [4.78, 5) is 8.91. The van der Waals surface area contributed by atoms with Crippen LogP contribution in [0.25, 0.3) is 33.4 Å². The van der Waals surface area contributed by atoms with E-state index in [4.69, 9.17) is 0 Å². The summed E-state index contributed by atoms with van der Waals surface area (Å²) in [6.07, 6.45) is 4.33. The average Bonchev–Trinajstić information content (AvgIpc) is 3.37. The van der Waals surface area contributed by atoms with E-state index in [1.54, 1.807) is 30.6 Å². The minimum absolute atomic E-state index is 0.0585. The summed E-state index contributed by atoms with van der Waals surface area (Å²) in [5.74, 6) is -0.542. The number of H-pyrrole nitrogens is 1. The van der Waals surface area contributed by atoms with Gasteiger partial charge in [-0.25, -0.2) is 13.8 Å². The normalized spacial score (nSPS) is 16.4. The number of hydrogen-bond donors (Lipinski definition) is 3. The highest BCUT2D eigenvalue weighted by atomic mass is 19.1. The molecule has 146 valence electrons. The van der Waals surface area contributed by atoms with Crippen LogP contribution < -0.4 is 10.6 Å². The Labute approximate surface area is 165 Å². The van der Waals surface area contributed by atoms with Crippen molar-refractivity contribution in [1.82, 2.24) is 25.5 Å². The van der Waals surface area contributed by atoms with Crippen LogP contribution in [0.1, 0.15) is 6.42 Å². The highest BCUT2D eigenvalue weighted by Gasteiger charge is 2.17. The zero-order chi connectivity index (χ0) is 19.8. The highest BCUT2D eigenvalue weighted by molar-refractivity contribution is 5.95. The van der Waals surface area contributed by atoms with Crippen molar-refractivity contribution < 1.29 is 8.78 Å². The molecule has 0 unspecified atom stereocenters. The van der Waals surface area contributed by atoms with Crippen molar-refractivity contribution in [2.75, 3.05) is 18.4 Å². The van der Waals surface area contributed by atoms with Gasteiger partial charge < -0.3 is 10.6 Å². The molecule has 5 rings (SSSR count). The number of anilines is 1. The molecule has 3 heterocycles. The number of aromatic nitrogens is 4. The van der Waals surface area contributed by atoms with E-state index in [2.05, 4.69) is 30.8 Å². The number of benzene rings is 2. The van der Waals surface area contributed by atoms with Gasteiger partial charge in [0.15, 0.2) is 0 Å². The lowest BCUT2D eigenvalue weighted by Crippen LogP contribution is -2.22. The van der Waals surface area contributed by atoms with Gasteiger partial charge in [-0.2, -0.15) is 5.10 Å². The van der Waals surface area contributed by atoms with Gasteiger partial charge in [-0.3, -0.25) is 10.1 Å². The molecule has 6 nitrogen and oxygen atoms in total. The summed E-state index contributed by atoms with van der Waals surface area (Å²) in [5.41, 5.74) is 2.30. The molecular formula is C21H18F2N6.